The van der Waals surface area contributed by atoms with Crippen molar-refractivity contribution >= 4 is 18.4 Å². The van der Waals surface area contributed by atoms with E-state index in [4.69, 9.17) is 9.47 Å². The topological polar surface area (TPSA) is 69.7 Å². The third kappa shape index (κ3) is 3.58. The van der Waals surface area contributed by atoms with Gasteiger partial charge in [-0.1, -0.05) is 24.3 Å². The second-order valence-electron chi connectivity index (χ2n) is 4.49. The number of hydrogen-bond acceptors (Lipinski definition) is 5. The van der Waals surface area contributed by atoms with Gasteiger partial charge >= 0.3 is 0 Å². The van der Waals surface area contributed by atoms with Gasteiger partial charge < -0.3 is 9.47 Å². The van der Waals surface area contributed by atoms with E-state index in [0.717, 1.165) is 0 Å². The second kappa shape index (κ2) is 7.17. The van der Waals surface area contributed by atoms with E-state index in [2.05, 4.69) is 0 Å². The summed E-state index contributed by atoms with van der Waals surface area (Å²) in [6.07, 6.45) is 0.0137. The van der Waals surface area contributed by atoms with Crippen LogP contribution in [0.15, 0.2) is 48.5 Å². The predicted molar refractivity (Wildman–Crippen MR) is 79.4 cm³/mol. The average Bonchev–Trinajstić information content (AvgIpc) is 2.55. The lowest BCUT2D eigenvalue weighted by molar-refractivity contribution is -0.135. The van der Waals surface area contributed by atoms with Crippen molar-refractivity contribution in [3.05, 3.63) is 59.7 Å². The van der Waals surface area contributed by atoms with Crippen LogP contribution in [0.3, 0.4) is 0 Å². The SMILES string of the molecule is CC(=O)C(Oc1ccccc1C=O)Oc1ccccc1C=O. The molecule has 5 heteroatoms. The normalized spacial score (nSPS) is 10.1. The van der Waals surface area contributed by atoms with E-state index in [1.165, 1.54) is 6.92 Å². The summed E-state index contributed by atoms with van der Waals surface area (Å²) in [5.74, 6) is 0.0870. The molecule has 22 heavy (non-hydrogen) atoms. The van der Waals surface area contributed by atoms with Crippen molar-refractivity contribution in [1.29, 1.82) is 0 Å². The Morgan fingerprint density at radius 2 is 1.27 bits per heavy atom. The van der Waals surface area contributed by atoms with Crippen molar-refractivity contribution in [2.75, 3.05) is 0 Å². The molecule has 2 aromatic carbocycles. The lowest BCUT2D eigenvalue weighted by Gasteiger charge is -2.19. The summed E-state index contributed by atoms with van der Waals surface area (Å²) in [5, 5.41) is 0. The summed E-state index contributed by atoms with van der Waals surface area (Å²) in [7, 11) is 0. The van der Waals surface area contributed by atoms with Crippen molar-refractivity contribution in [2.24, 2.45) is 0 Å². The number of hydrogen-bond donors (Lipinski definition) is 0. The number of carbonyl (C=O) groups is 3. The molecule has 2 aromatic rings. The van der Waals surface area contributed by atoms with Crippen molar-refractivity contribution in [3.63, 3.8) is 0 Å². The first kappa shape index (κ1) is 15.4. The Balaban J connectivity index is 2.26. The van der Waals surface area contributed by atoms with Gasteiger partial charge in [0.1, 0.15) is 11.5 Å². The predicted octanol–water partition coefficient (Wildman–Crippen LogP) is 2.68. The van der Waals surface area contributed by atoms with E-state index in [1.54, 1.807) is 48.5 Å². The van der Waals surface area contributed by atoms with Crippen LogP contribution in [0.5, 0.6) is 11.5 Å². The Morgan fingerprint density at radius 1 is 0.864 bits per heavy atom. The molecule has 0 bridgehead atoms. The van der Waals surface area contributed by atoms with Crippen LogP contribution in [0.1, 0.15) is 27.6 Å². The van der Waals surface area contributed by atoms with Crippen molar-refractivity contribution < 1.29 is 23.9 Å². The highest BCUT2D eigenvalue weighted by Crippen LogP contribution is 2.22. The molecule has 0 aliphatic carbocycles. The molecular weight excluding hydrogens is 284 g/mol. The first-order valence-electron chi connectivity index (χ1n) is 6.58. The maximum Gasteiger partial charge on any atom is 0.300 e. The van der Waals surface area contributed by atoms with E-state index in [1.807, 2.05) is 0 Å². The van der Waals surface area contributed by atoms with Crippen molar-refractivity contribution in [1.82, 2.24) is 0 Å². The largest absolute Gasteiger partial charge is 0.447 e. The number of Topliss-reactive ketones (excluding diaryl/α,β-unsaturated/α-hetero) is 1. The lowest BCUT2D eigenvalue weighted by Crippen LogP contribution is -2.32. The van der Waals surface area contributed by atoms with Gasteiger partial charge in [-0.25, -0.2) is 0 Å². The summed E-state index contributed by atoms with van der Waals surface area (Å²) in [6.45, 7) is 1.30. The Hall–Kier alpha value is -2.95. The molecule has 0 saturated heterocycles. The molecule has 2 rings (SSSR count). The zero-order valence-corrected chi connectivity index (χ0v) is 11.9. The third-order valence-corrected chi connectivity index (χ3v) is 2.89. The van der Waals surface area contributed by atoms with Gasteiger partial charge in [0.25, 0.3) is 6.29 Å². The zero-order chi connectivity index (χ0) is 15.9. The smallest absolute Gasteiger partial charge is 0.300 e. The monoisotopic (exact) mass is 298 g/mol. The summed E-state index contributed by atoms with van der Waals surface area (Å²) in [6, 6.07) is 13.0. The molecule has 0 amide bonds. The highest BCUT2D eigenvalue weighted by molar-refractivity contribution is 5.83. The highest BCUT2D eigenvalue weighted by atomic mass is 16.7. The summed E-state index contributed by atoms with van der Waals surface area (Å²) >= 11 is 0. The van der Waals surface area contributed by atoms with E-state index >= 15 is 0 Å². The number of aldehydes is 2. The van der Waals surface area contributed by atoms with Gasteiger partial charge in [-0.05, 0) is 24.3 Å². The highest BCUT2D eigenvalue weighted by Gasteiger charge is 2.20. The summed E-state index contributed by atoms with van der Waals surface area (Å²) < 4.78 is 11.0. The minimum Gasteiger partial charge on any atom is -0.447 e. The summed E-state index contributed by atoms with van der Waals surface area (Å²) in [4.78, 5) is 33.7. The quantitative estimate of drug-likeness (QED) is 0.580. The van der Waals surface area contributed by atoms with Gasteiger partial charge in [-0.2, -0.15) is 0 Å². The van der Waals surface area contributed by atoms with E-state index in [9.17, 15) is 14.4 Å². The molecular formula is C17H14O5. The van der Waals surface area contributed by atoms with Crippen LogP contribution in [0.2, 0.25) is 0 Å². The number of ketones is 1. The Morgan fingerprint density at radius 3 is 1.64 bits per heavy atom. The molecule has 0 unspecified atom stereocenters. The van der Waals surface area contributed by atoms with Gasteiger partial charge in [0.2, 0.25) is 5.78 Å². The van der Waals surface area contributed by atoms with Gasteiger partial charge in [-0.15, -0.1) is 0 Å². The molecule has 0 N–H and O–H groups in total. The van der Waals surface area contributed by atoms with Crippen LogP contribution in [0, 0.1) is 0 Å². The second-order valence-corrected chi connectivity index (χ2v) is 4.49. The minimum absolute atomic E-state index is 0.237. The fraction of sp³-hybridized carbons (Fsp3) is 0.118. The molecule has 5 nitrogen and oxygen atoms in total. The number of ether oxygens (including phenoxy) is 2. The van der Waals surface area contributed by atoms with Crippen LogP contribution in [-0.2, 0) is 4.79 Å². The minimum atomic E-state index is -1.25. The fourth-order valence-corrected chi connectivity index (χ4v) is 1.79. The lowest BCUT2D eigenvalue weighted by atomic mass is 10.2. The van der Waals surface area contributed by atoms with Gasteiger partial charge in [0.15, 0.2) is 12.6 Å². The van der Waals surface area contributed by atoms with Crippen LogP contribution in [-0.4, -0.2) is 24.6 Å². The van der Waals surface area contributed by atoms with Crippen molar-refractivity contribution in [3.8, 4) is 11.5 Å². The Labute approximate surface area is 127 Å². The molecule has 0 saturated carbocycles. The molecule has 0 aromatic heterocycles. The van der Waals surface area contributed by atoms with Gasteiger partial charge in [-0.3, -0.25) is 14.4 Å². The van der Waals surface area contributed by atoms with Crippen LogP contribution >= 0.6 is 0 Å². The van der Waals surface area contributed by atoms with Gasteiger partial charge in [0, 0.05) is 6.92 Å². The molecule has 0 aliphatic rings. The van der Waals surface area contributed by atoms with Crippen molar-refractivity contribution in [2.45, 2.75) is 13.2 Å². The maximum atomic E-state index is 11.7. The van der Waals surface area contributed by atoms with Crippen LogP contribution < -0.4 is 9.47 Å². The Bertz CT molecular complexity index is 639. The average molecular weight is 298 g/mol. The van der Waals surface area contributed by atoms with E-state index in [-0.39, 0.29) is 17.3 Å². The number of benzene rings is 2. The van der Waals surface area contributed by atoms with Crippen LogP contribution in [0.25, 0.3) is 0 Å². The maximum absolute atomic E-state index is 11.7. The molecule has 0 radical (unpaired) electrons. The standard InChI is InChI=1S/C17H14O5/c1-12(20)17(21-15-8-4-2-6-13(15)10-18)22-16-9-5-3-7-14(16)11-19/h2-11,17H,1H3. The Kier molecular flexibility index (Phi) is 5.03. The first-order valence-corrected chi connectivity index (χ1v) is 6.58. The number of rotatable bonds is 7. The molecule has 112 valence electrons. The number of carbonyl (C=O) groups excluding carboxylic acids is 3. The fourth-order valence-electron chi connectivity index (χ4n) is 1.79. The summed E-state index contributed by atoms with van der Waals surface area (Å²) in [5.41, 5.74) is 0.613. The van der Waals surface area contributed by atoms with Crippen LogP contribution in [0.4, 0.5) is 0 Å². The zero-order valence-electron chi connectivity index (χ0n) is 11.9. The van der Waals surface area contributed by atoms with E-state index in [0.29, 0.717) is 23.7 Å². The van der Waals surface area contributed by atoms with E-state index < -0.39 is 6.29 Å². The first-order chi connectivity index (χ1) is 10.7. The molecule has 0 heterocycles. The molecule has 0 aliphatic heterocycles. The molecule has 0 fully saturated rings. The third-order valence-electron chi connectivity index (χ3n) is 2.89. The number of para-hydroxylation sites is 2. The molecule has 0 spiro atoms. The molecule has 0 atom stereocenters. The van der Waals surface area contributed by atoms with Gasteiger partial charge in [0.05, 0.1) is 11.1 Å².